The highest BCUT2D eigenvalue weighted by Crippen LogP contribution is 1.99. The lowest BCUT2D eigenvalue weighted by atomic mass is 10.1. The van der Waals surface area contributed by atoms with E-state index in [4.69, 9.17) is 9.57 Å². The highest BCUT2D eigenvalue weighted by molar-refractivity contribution is 5.74. The molecule has 0 radical (unpaired) electrons. The lowest BCUT2D eigenvalue weighted by molar-refractivity contribution is -0.134. The van der Waals surface area contributed by atoms with E-state index in [0.717, 1.165) is 5.56 Å². The van der Waals surface area contributed by atoms with E-state index in [0.29, 0.717) is 26.1 Å². The average Bonchev–Trinajstić information content (AvgIpc) is 2.33. The Labute approximate surface area is 94.7 Å². The number of aryl methyl sites for hydroxylation is 1. The number of aromatic nitrogens is 1. The monoisotopic (exact) mass is 224 g/mol. The van der Waals surface area contributed by atoms with Gasteiger partial charge in [-0.05, 0) is 18.1 Å². The molecule has 0 bridgehead atoms. The Morgan fingerprint density at radius 2 is 2.38 bits per heavy atom. The summed E-state index contributed by atoms with van der Waals surface area (Å²) in [5.41, 5.74) is 3.38. The molecule has 1 amide bonds. The molecule has 0 atom stereocenters. The molecule has 5 nitrogen and oxygen atoms in total. The summed E-state index contributed by atoms with van der Waals surface area (Å²) < 4.78 is 4.77. The predicted molar refractivity (Wildman–Crippen MR) is 58.5 cm³/mol. The first-order valence-corrected chi connectivity index (χ1v) is 5.11. The first-order chi connectivity index (χ1) is 7.83. The number of amides is 1. The molecule has 1 aromatic rings. The van der Waals surface area contributed by atoms with Gasteiger partial charge in [-0.2, -0.15) is 0 Å². The van der Waals surface area contributed by atoms with E-state index in [1.807, 2.05) is 12.1 Å². The molecule has 1 rings (SSSR count). The number of hydrogen-bond donors (Lipinski definition) is 1. The van der Waals surface area contributed by atoms with Crippen LogP contribution < -0.4 is 5.48 Å². The lowest BCUT2D eigenvalue weighted by Gasteiger charge is -2.05. The first-order valence-electron chi connectivity index (χ1n) is 5.11. The summed E-state index contributed by atoms with van der Waals surface area (Å²) in [6.45, 7) is 0.817. The van der Waals surface area contributed by atoms with Crippen LogP contribution in [0.3, 0.4) is 0 Å². The molecule has 0 saturated heterocycles. The summed E-state index contributed by atoms with van der Waals surface area (Å²) in [5, 5.41) is 0. The van der Waals surface area contributed by atoms with Crippen molar-refractivity contribution in [3.05, 3.63) is 30.1 Å². The van der Waals surface area contributed by atoms with Gasteiger partial charge in [-0.25, -0.2) is 5.48 Å². The maximum atomic E-state index is 11.3. The third-order valence-electron chi connectivity index (χ3n) is 1.94. The standard InChI is InChI=1S/C11H16N2O3/c1-15-7-8-16-13-11(14)5-4-10-3-2-6-12-9-10/h2-3,6,9H,4-5,7-8H2,1H3,(H,13,14). The molecule has 0 aliphatic heterocycles. The number of nitrogens with zero attached hydrogens (tertiary/aromatic N) is 1. The van der Waals surface area contributed by atoms with Gasteiger partial charge in [0, 0.05) is 25.9 Å². The van der Waals surface area contributed by atoms with Crippen LogP contribution in [0.1, 0.15) is 12.0 Å². The van der Waals surface area contributed by atoms with Gasteiger partial charge in [0.15, 0.2) is 0 Å². The molecule has 1 heterocycles. The lowest BCUT2D eigenvalue weighted by Crippen LogP contribution is -2.25. The zero-order valence-corrected chi connectivity index (χ0v) is 9.31. The number of methoxy groups -OCH3 is 1. The van der Waals surface area contributed by atoms with E-state index in [1.165, 1.54) is 0 Å². The third kappa shape index (κ3) is 5.43. The van der Waals surface area contributed by atoms with E-state index >= 15 is 0 Å². The second-order valence-electron chi connectivity index (χ2n) is 3.23. The topological polar surface area (TPSA) is 60.5 Å². The summed E-state index contributed by atoms with van der Waals surface area (Å²) in [6.07, 6.45) is 4.50. The zero-order chi connectivity index (χ0) is 11.6. The highest BCUT2D eigenvalue weighted by Gasteiger charge is 2.01. The number of carbonyl (C=O) groups is 1. The molecule has 0 aliphatic rings. The minimum absolute atomic E-state index is 0.139. The predicted octanol–water partition coefficient (Wildman–Crippen LogP) is 0.708. The molecule has 0 spiro atoms. The fraction of sp³-hybridized carbons (Fsp3) is 0.455. The van der Waals surface area contributed by atoms with Gasteiger partial charge in [-0.3, -0.25) is 14.6 Å². The van der Waals surface area contributed by atoms with E-state index < -0.39 is 0 Å². The van der Waals surface area contributed by atoms with Gasteiger partial charge in [0.05, 0.1) is 13.2 Å². The van der Waals surface area contributed by atoms with Crippen LogP contribution in [0.25, 0.3) is 0 Å². The summed E-state index contributed by atoms with van der Waals surface area (Å²) >= 11 is 0. The minimum atomic E-state index is -0.139. The molecule has 0 unspecified atom stereocenters. The summed E-state index contributed by atoms with van der Waals surface area (Å²) in [7, 11) is 1.58. The van der Waals surface area contributed by atoms with Crippen molar-refractivity contribution < 1.29 is 14.4 Å². The molecule has 0 saturated carbocycles. The fourth-order valence-electron chi connectivity index (χ4n) is 1.11. The number of hydroxylamine groups is 1. The van der Waals surface area contributed by atoms with Crippen molar-refractivity contribution in [2.75, 3.05) is 20.3 Å². The molecule has 0 aromatic carbocycles. The van der Waals surface area contributed by atoms with Crippen molar-refractivity contribution in [3.8, 4) is 0 Å². The largest absolute Gasteiger partial charge is 0.382 e. The van der Waals surface area contributed by atoms with Crippen molar-refractivity contribution in [2.45, 2.75) is 12.8 Å². The van der Waals surface area contributed by atoms with Crippen LogP contribution in [0.15, 0.2) is 24.5 Å². The van der Waals surface area contributed by atoms with Crippen molar-refractivity contribution in [1.82, 2.24) is 10.5 Å². The molecule has 1 N–H and O–H groups in total. The molecule has 1 aromatic heterocycles. The number of pyridine rings is 1. The van der Waals surface area contributed by atoms with Crippen LogP contribution in [0.4, 0.5) is 0 Å². The SMILES string of the molecule is COCCONC(=O)CCc1cccnc1. The van der Waals surface area contributed by atoms with Crippen LogP contribution in [0.2, 0.25) is 0 Å². The number of carbonyl (C=O) groups excluding carboxylic acids is 1. The van der Waals surface area contributed by atoms with Crippen molar-refractivity contribution in [3.63, 3.8) is 0 Å². The number of hydrogen-bond acceptors (Lipinski definition) is 4. The van der Waals surface area contributed by atoms with Gasteiger partial charge < -0.3 is 4.74 Å². The summed E-state index contributed by atoms with van der Waals surface area (Å²) in [4.78, 5) is 20.1. The first kappa shape index (κ1) is 12.6. The number of ether oxygens (including phenoxy) is 1. The molecule has 88 valence electrons. The van der Waals surface area contributed by atoms with Crippen LogP contribution in [0.5, 0.6) is 0 Å². The molecular weight excluding hydrogens is 208 g/mol. The zero-order valence-electron chi connectivity index (χ0n) is 9.31. The Bertz CT molecular complexity index is 303. The minimum Gasteiger partial charge on any atom is -0.382 e. The normalized spacial score (nSPS) is 10.1. The molecule has 0 fully saturated rings. The number of rotatable bonds is 7. The van der Waals surface area contributed by atoms with Gasteiger partial charge >= 0.3 is 0 Å². The molecule has 0 aliphatic carbocycles. The quantitative estimate of drug-likeness (QED) is 0.547. The molecular formula is C11H16N2O3. The Morgan fingerprint density at radius 3 is 3.06 bits per heavy atom. The Balaban J connectivity index is 2.11. The van der Waals surface area contributed by atoms with Crippen LogP contribution >= 0.6 is 0 Å². The maximum absolute atomic E-state index is 11.3. The van der Waals surface area contributed by atoms with Gasteiger partial charge in [0.25, 0.3) is 0 Å². The van der Waals surface area contributed by atoms with Crippen LogP contribution in [-0.4, -0.2) is 31.2 Å². The summed E-state index contributed by atoms with van der Waals surface area (Å²) in [5.74, 6) is -0.139. The number of nitrogens with one attached hydrogen (secondary N) is 1. The molecule has 16 heavy (non-hydrogen) atoms. The van der Waals surface area contributed by atoms with Gasteiger partial charge in [0.2, 0.25) is 5.91 Å². The Hall–Kier alpha value is -1.46. The Kier molecular flexibility index (Phi) is 6.13. The fourth-order valence-corrected chi connectivity index (χ4v) is 1.11. The van der Waals surface area contributed by atoms with Crippen molar-refractivity contribution in [1.29, 1.82) is 0 Å². The van der Waals surface area contributed by atoms with E-state index in [-0.39, 0.29) is 5.91 Å². The van der Waals surface area contributed by atoms with Crippen LogP contribution in [0, 0.1) is 0 Å². The van der Waals surface area contributed by atoms with Crippen molar-refractivity contribution >= 4 is 5.91 Å². The van der Waals surface area contributed by atoms with Crippen LogP contribution in [-0.2, 0) is 20.8 Å². The molecule has 5 heteroatoms. The third-order valence-corrected chi connectivity index (χ3v) is 1.94. The second kappa shape index (κ2) is 7.78. The van der Waals surface area contributed by atoms with Gasteiger partial charge in [-0.15, -0.1) is 0 Å². The van der Waals surface area contributed by atoms with Gasteiger partial charge in [0.1, 0.15) is 0 Å². The Morgan fingerprint density at radius 1 is 1.50 bits per heavy atom. The highest BCUT2D eigenvalue weighted by atomic mass is 16.7. The van der Waals surface area contributed by atoms with E-state index in [9.17, 15) is 4.79 Å². The smallest absolute Gasteiger partial charge is 0.243 e. The van der Waals surface area contributed by atoms with E-state index in [2.05, 4.69) is 10.5 Å². The second-order valence-corrected chi connectivity index (χ2v) is 3.23. The maximum Gasteiger partial charge on any atom is 0.243 e. The van der Waals surface area contributed by atoms with Crippen molar-refractivity contribution in [2.24, 2.45) is 0 Å². The average molecular weight is 224 g/mol. The summed E-state index contributed by atoms with van der Waals surface area (Å²) in [6, 6.07) is 3.79. The van der Waals surface area contributed by atoms with Gasteiger partial charge in [-0.1, -0.05) is 6.07 Å². The van der Waals surface area contributed by atoms with E-state index in [1.54, 1.807) is 19.5 Å².